The van der Waals surface area contributed by atoms with Gasteiger partial charge in [0.15, 0.2) is 0 Å². The van der Waals surface area contributed by atoms with Gasteiger partial charge in [-0.2, -0.15) is 0 Å². The number of anilines is 1. The number of fused-ring (bicyclic) bond motifs is 3. The highest BCUT2D eigenvalue weighted by Gasteiger charge is 2.06. The fraction of sp³-hybridized carbons (Fsp3) is 0. The molecule has 0 saturated heterocycles. The predicted molar refractivity (Wildman–Crippen MR) is 55.8 cm³/mol. The first kappa shape index (κ1) is 8.16. The van der Waals surface area contributed by atoms with E-state index in [0.29, 0.717) is 5.52 Å². The fourth-order valence-corrected chi connectivity index (χ4v) is 1.66. The third-order valence-electron chi connectivity index (χ3n) is 2.31. The maximum atomic E-state index is 13.1. The van der Waals surface area contributed by atoms with Crippen molar-refractivity contribution in [2.75, 3.05) is 5.73 Å². The van der Waals surface area contributed by atoms with E-state index < -0.39 is 0 Å². The van der Waals surface area contributed by atoms with E-state index >= 15 is 0 Å². The SMILES string of the molecule is Nc1ncc2[nH]c3ccc(F)cc3c2n1. The zero-order chi connectivity index (χ0) is 10.4. The number of rotatable bonds is 0. The molecule has 15 heavy (non-hydrogen) atoms. The van der Waals surface area contributed by atoms with E-state index in [9.17, 15) is 4.39 Å². The van der Waals surface area contributed by atoms with Crippen LogP contribution in [0, 0.1) is 5.82 Å². The van der Waals surface area contributed by atoms with Crippen LogP contribution in [-0.4, -0.2) is 15.0 Å². The number of nitrogens with zero attached hydrogens (tertiary/aromatic N) is 2. The first-order chi connectivity index (χ1) is 7.24. The number of nitrogen functional groups attached to an aromatic ring is 1. The summed E-state index contributed by atoms with van der Waals surface area (Å²) in [5.41, 5.74) is 7.71. The van der Waals surface area contributed by atoms with Crippen LogP contribution in [0.5, 0.6) is 0 Å². The molecule has 1 aromatic carbocycles. The number of aromatic amines is 1. The van der Waals surface area contributed by atoms with Crippen LogP contribution in [-0.2, 0) is 0 Å². The Labute approximate surface area is 83.9 Å². The standard InChI is InChI=1S/C10H7FN4/c11-5-1-2-7-6(3-5)9-8(14-7)4-13-10(12)15-9/h1-4,14H,(H2,12,13,15). The van der Waals surface area contributed by atoms with Gasteiger partial charge in [0.1, 0.15) is 11.3 Å². The molecule has 0 fully saturated rings. The van der Waals surface area contributed by atoms with Gasteiger partial charge in [-0.1, -0.05) is 0 Å². The van der Waals surface area contributed by atoms with Crippen molar-refractivity contribution in [1.29, 1.82) is 0 Å². The van der Waals surface area contributed by atoms with Crippen molar-refractivity contribution >= 4 is 27.9 Å². The second-order valence-electron chi connectivity index (χ2n) is 3.31. The predicted octanol–water partition coefficient (Wildman–Crippen LogP) is 1.83. The Morgan fingerprint density at radius 2 is 2.13 bits per heavy atom. The van der Waals surface area contributed by atoms with E-state index in [4.69, 9.17) is 5.73 Å². The fourth-order valence-electron chi connectivity index (χ4n) is 1.66. The van der Waals surface area contributed by atoms with Crippen molar-refractivity contribution in [2.45, 2.75) is 0 Å². The summed E-state index contributed by atoms with van der Waals surface area (Å²) in [7, 11) is 0. The highest BCUT2D eigenvalue weighted by molar-refractivity contribution is 6.04. The molecule has 5 heteroatoms. The van der Waals surface area contributed by atoms with Gasteiger partial charge in [0, 0.05) is 10.9 Å². The molecule has 0 amide bonds. The summed E-state index contributed by atoms with van der Waals surface area (Å²) in [5.74, 6) is -0.103. The highest BCUT2D eigenvalue weighted by atomic mass is 19.1. The Balaban J connectivity index is 2.55. The zero-order valence-electron chi connectivity index (χ0n) is 7.66. The average molecular weight is 202 g/mol. The molecule has 0 aliphatic carbocycles. The van der Waals surface area contributed by atoms with Crippen LogP contribution in [0.15, 0.2) is 24.4 Å². The van der Waals surface area contributed by atoms with Gasteiger partial charge < -0.3 is 10.7 Å². The lowest BCUT2D eigenvalue weighted by atomic mass is 10.2. The first-order valence-corrected chi connectivity index (χ1v) is 4.43. The number of hydrogen-bond donors (Lipinski definition) is 2. The second-order valence-corrected chi connectivity index (χ2v) is 3.31. The lowest BCUT2D eigenvalue weighted by Crippen LogP contribution is -1.92. The van der Waals surface area contributed by atoms with Crippen LogP contribution < -0.4 is 5.73 Å². The molecular weight excluding hydrogens is 195 g/mol. The molecule has 4 nitrogen and oxygen atoms in total. The molecule has 3 aromatic rings. The van der Waals surface area contributed by atoms with Gasteiger partial charge in [-0.25, -0.2) is 14.4 Å². The maximum Gasteiger partial charge on any atom is 0.220 e. The third kappa shape index (κ3) is 1.13. The normalized spacial score (nSPS) is 11.3. The summed E-state index contributed by atoms with van der Waals surface area (Å²) in [6, 6.07) is 4.50. The van der Waals surface area contributed by atoms with Crippen molar-refractivity contribution in [3.63, 3.8) is 0 Å². The average Bonchev–Trinajstić information content (AvgIpc) is 2.56. The number of aromatic nitrogens is 3. The number of nitrogens with two attached hydrogens (primary N) is 1. The topological polar surface area (TPSA) is 67.6 Å². The number of nitrogens with one attached hydrogen (secondary N) is 1. The molecule has 0 aliphatic rings. The molecule has 0 saturated carbocycles. The van der Waals surface area contributed by atoms with Crippen LogP contribution in [0.2, 0.25) is 0 Å². The minimum absolute atomic E-state index is 0.188. The van der Waals surface area contributed by atoms with Crippen molar-refractivity contribution in [2.24, 2.45) is 0 Å². The van der Waals surface area contributed by atoms with E-state index in [0.717, 1.165) is 16.4 Å². The molecular formula is C10H7FN4. The minimum atomic E-state index is -0.291. The van der Waals surface area contributed by atoms with Crippen molar-refractivity contribution in [3.05, 3.63) is 30.2 Å². The molecule has 74 valence electrons. The van der Waals surface area contributed by atoms with Crippen molar-refractivity contribution < 1.29 is 4.39 Å². The Bertz CT molecular complexity index is 603. The zero-order valence-corrected chi connectivity index (χ0v) is 7.66. The van der Waals surface area contributed by atoms with Gasteiger partial charge in [0.25, 0.3) is 0 Å². The van der Waals surface area contributed by atoms with Gasteiger partial charge in [-0.05, 0) is 18.2 Å². The van der Waals surface area contributed by atoms with Gasteiger partial charge in [0.2, 0.25) is 5.95 Å². The van der Waals surface area contributed by atoms with E-state index in [1.165, 1.54) is 12.1 Å². The van der Waals surface area contributed by atoms with Crippen molar-refractivity contribution in [3.8, 4) is 0 Å². The Morgan fingerprint density at radius 3 is 3.00 bits per heavy atom. The molecule has 3 rings (SSSR count). The molecule has 2 heterocycles. The largest absolute Gasteiger partial charge is 0.368 e. The third-order valence-corrected chi connectivity index (χ3v) is 2.31. The van der Waals surface area contributed by atoms with Gasteiger partial charge >= 0.3 is 0 Å². The monoisotopic (exact) mass is 202 g/mol. The second kappa shape index (κ2) is 2.66. The lowest BCUT2D eigenvalue weighted by molar-refractivity contribution is 0.630. The van der Waals surface area contributed by atoms with Gasteiger partial charge in [-0.3, -0.25) is 0 Å². The summed E-state index contributed by atoms with van der Waals surface area (Å²) in [6.45, 7) is 0. The highest BCUT2D eigenvalue weighted by Crippen LogP contribution is 2.23. The summed E-state index contributed by atoms with van der Waals surface area (Å²) in [6.07, 6.45) is 1.59. The van der Waals surface area contributed by atoms with Gasteiger partial charge in [-0.15, -0.1) is 0 Å². The van der Waals surface area contributed by atoms with Crippen LogP contribution in [0.3, 0.4) is 0 Å². The Hall–Kier alpha value is -2.17. The molecule has 0 bridgehead atoms. The number of hydrogen-bond acceptors (Lipinski definition) is 3. The molecule has 3 N–H and O–H groups in total. The van der Waals surface area contributed by atoms with E-state index in [2.05, 4.69) is 15.0 Å². The summed E-state index contributed by atoms with van der Waals surface area (Å²) in [5, 5.41) is 0.721. The molecule has 0 atom stereocenters. The first-order valence-electron chi connectivity index (χ1n) is 4.43. The maximum absolute atomic E-state index is 13.1. The Kier molecular flexibility index (Phi) is 1.45. The number of halogens is 1. The minimum Gasteiger partial charge on any atom is -0.368 e. The van der Waals surface area contributed by atoms with E-state index in [-0.39, 0.29) is 11.8 Å². The Morgan fingerprint density at radius 1 is 1.27 bits per heavy atom. The lowest BCUT2D eigenvalue weighted by Gasteiger charge is -1.92. The molecule has 0 spiro atoms. The molecule has 0 unspecified atom stereocenters. The quantitative estimate of drug-likeness (QED) is 0.584. The van der Waals surface area contributed by atoms with Gasteiger partial charge in [0.05, 0.1) is 11.7 Å². The smallest absolute Gasteiger partial charge is 0.220 e. The molecule has 0 aliphatic heterocycles. The number of H-pyrrole nitrogens is 1. The van der Waals surface area contributed by atoms with E-state index in [1.807, 2.05) is 0 Å². The summed E-state index contributed by atoms with van der Waals surface area (Å²) in [4.78, 5) is 11.0. The molecule has 2 aromatic heterocycles. The summed E-state index contributed by atoms with van der Waals surface area (Å²) >= 11 is 0. The molecule has 0 radical (unpaired) electrons. The van der Waals surface area contributed by atoms with Crippen molar-refractivity contribution in [1.82, 2.24) is 15.0 Å². The van der Waals surface area contributed by atoms with E-state index in [1.54, 1.807) is 12.3 Å². The van der Waals surface area contributed by atoms with Crippen LogP contribution in [0.1, 0.15) is 0 Å². The summed E-state index contributed by atoms with van der Waals surface area (Å²) < 4.78 is 13.1. The van der Waals surface area contributed by atoms with Crippen LogP contribution >= 0.6 is 0 Å². The van der Waals surface area contributed by atoms with Crippen LogP contribution in [0.25, 0.3) is 21.9 Å². The van der Waals surface area contributed by atoms with Crippen LogP contribution in [0.4, 0.5) is 10.3 Å². The number of benzene rings is 1.